The first-order valence-corrected chi connectivity index (χ1v) is 8.14. The molecule has 2 rings (SSSR count). The van der Waals surface area contributed by atoms with Crippen molar-refractivity contribution in [2.75, 3.05) is 5.32 Å². The van der Waals surface area contributed by atoms with Crippen LogP contribution >= 0.6 is 47.0 Å². The molecule has 0 bridgehead atoms. The van der Waals surface area contributed by atoms with E-state index in [0.29, 0.717) is 32.5 Å². The summed E-state index contributed by atoms with van der Waals surface area (Å²) < 4.78 is 1.66. The van der Waals surface area contributed by atoms with E-state index in [0.717, 1.165) is 5.56 Å². The Morgan fingerprint density at radius 2 is 1.86 bits per heavy atom. The number of rotatable bonds is 4. The van der Waals surface area contributed by atoms with Crippen molar-refractivity contribution in [3.63, 3.8) is 0 Å². The van der Waals surface area contributed by atoms with Gasteiger partial charge in [0.05, 0.1) is 6.54 Å². The van der Waals surface area contributed by atoms with Crippen LogP contribution in [0.5, 0.6) is 0 Å². The molecule has 0 aliphatic heterocycles. The maximum atomic E-state index is 6.17. The molecule has 118 valence electrons. The summed E-state index contributed by atoms with van der Waals surface area (Å²) in [6.45, 7) is 4.41. The molecule has 4 nitrogen and oxygen atoms in total. The zero-order valence-corrected chi connectivity index (χ0v) is 15.1. The predicted molar refractivity (Wildman–Crippen MR) is 97.3 cm³/mol. The Balaban J connectivity index is 2.14. The molecule has 2 aromatic rings. The van der Waals surface area contributed by atoms with E-state index < -0.39 is 0 Å². The largest absolute Gasteiger partial charge is 0.360 e. The van der Waals surface area contributed by atoms with Crippen LogP contribution in [0.2, 0.25) is 15.1 Å². The topological polar surface area (TPSA) is 41.9 Å². The van der Waals surface area contributed by atoms with E-state index >= 15 is 0 Å². The van der Waals surface area contributed by atoms with Gasteiger partial charge in [0.2, 0.25) is 0 Å². The van der Waals surface area contributed by atoms with Crippen LogP contribution in [0.1, 0.15) is 19.4 Å². The lowest BCUT2D eigenvalue weighted by atomic mass is 10.2. The Hall–Kier alpha value is -1.01. The Labute approximate surface area is 149 Å². The van der Waals surface area contributed by atoms with E-state index in [1.807, 2.05) is 13.8 Å². The average Bonchev–Trinajstić information content (AvgIpc) is 2.73. The average molecular weight is 378 g/mol. The number of hydrogen-bond donors (Lipinski definition) is 2. The Bertz CT molecular complexity index is 664. The minimum atomic E-state index is 0.225. The van der Waals surface area contributed by atoms with Gasteiger partial charge in [-0.15, -0.1) is 0 Å². The van der Waals surface area contributed by atoms with Gasteiger partial charge >= 0.3 is 0 Å². The first-order valence-electron chi connectivity index (χ1n) is 6.60. The molecule has 2 N–H and O–H groups in total. The second kappa shape index (κ2) is 7.51. The molecule has 0 unspecified atom stereocenters. The summed E-state index contributed by atoms with van der Waals surface area (Å²) >= 11 is 23.7. The molecule has 0 fully saturated rings. The van der Waals surface area contributed by atoms with Crippen LogP contribution in [0.4, 0.5) is 5.82 Å². The third kappa shape index (κ3) is 4.49. The second-order valence-corrected chi connectivity index (χ2v) is 6.61. The normalized spacial score (nSPS) is 10.8. The lowest BCUT2D eigenvalue weighted by molar-refractivity contribution is 0.689. The highest BCUT2D eigenvalue weighted by Gasteiger charge is 2.12. The highest BCUT2D eigenvalue weighted by Crippen LogP contribution is 2.26. The number of benzene rings is 1. The maximum absolute atomic E-state index is 6.17. The second-order valence-electron chi connectivity index (χ2n) is 4.98. The monoisotopic (exact) mass is 376 g/mol. The first-order chi connectivity index (χ1) is 10.4. The third-order valence-electron chi connectivity index (χ3n) is 2.75. The Morgan fingerprint density at radius 3 is 2.45 bits per heavy atom. The summed E-state index contributed by atoms with van der Waals surface area (Å²) in [6.07, 6.45) is 1.70. The van der Waals surface area contributed by atoms with Crippen molar-refractivity contribution in [2.24, 2.45) is 0 Å². The van der Waals surface area contributed by atoms with Crippen molar-refractivity contribution in [3.8, 4) is 0 Å². The summed E-state index contributed by atoms with van der Waals surface area (Å²) in [6, 6.07) is 5.60. The molecule has 0 aliphatic carbocycles. The Kier molecular flexibility index (Phi) is 5.92. The Morgan fingerprint density at radius 1 is 1.23 bits per heavy atom. The lowest BCUT2D eigenvalue weighted by Crippen LogP contribution is -2.34. The van der Waals surface area contributed by atoms with Gasteiger partial charge in [-0.3, -0.25) is 4.68 Å². The summed E-state index contributed by atoms with van der Waals surface area (Å²) in [5.74, 6) is 0.489. The quantitative estimate of drug-likeness (QED) is 0.765. The molecule has 8 heteroatoms. The fraction of sp³-hybridized carbons (Fsp3) is 0.286. The van der Waals surface area contributed by atoms with Crippen LogP contribution in [0, 0.1) is 0 Å². The molecule has 1 aromatic heterocycles. The summed E-state index contributed by atoms with van der Waals surface area (Å²) in [5, 5.41) is 12.5. The van der Waals surface area contributed by atoms with E-state index in [4.69, 9.17) is 47.0 Å². The highest BCUT2D eigenvalue weighted by molar-refractivity contribution is 7.80. The molecule has 0 spiro atoms. The minimum absolute atomic E-state index is 0.225. The maximum Gasteiger partial charge on any atom is 0.173 e. The van der Waals surface area contributed by atoms with Gasteiger partial charge in [-0.25, -0.2) is 0 Å². The SMILES string of the molecule is CC(C)NC(=S)Nc1nn(Cc2c(Cl)cccc2Cl)cc1Cl. The van der Waals surface area contributed by atoms with Crippen LogP contribution in [0.15, 0.2) is 24.4 Å². The number of aromatic nitrogens is 2. The molecule has 0 aliphatic rings. The number of halogens is 3. The van der Waals surface area contributed by atoms with Crippen molar-refractivity contribution >= 4 is 58.0 Å². The zero-order valence-electron chi connectivity index (χ0n) is 12.0. The van der Waals surface area contributed by atoms with Gasteiger partial charge < -0.3 is 10.6 Å². The molecular formula is C14H15Cl3N4S. The van der Waals surface area contributed by atoms with Crippen molar-refractivity contribution in [1.29, 1.82) is 0 Å². The van der Waals surface area contributed by atoms with Gasteiger partial charge in [0.15, 0.2) is 10.9 Å². The molecular weight excluding hydrogens is 363 g/mol. The molecule has 1 heterocycles. The molecule has 0 radical (unpaired) electrons. The van der Waals surface area contributed by atoms with Crippen LogP contribution in [0.25, 0.3) is 0 Å². The smallest absolute Gasteiger partial charge is 0.173 e. The number of thiocarbonyl (C=S) groups is 1. The lowest BCUT2D eigenvalue weighted by Gasteiger charge is -2.11. The van der Waals surface area contributed by atoms with Crippen LogP contribution in [-0.2, 0) is 6.54 Å². The van der Waals surface area contributed by atoms with Crippen molar-refractivity contribution in [1.82, 2.24) is 15.1 Å². The highest BCUT2D eigenvalue weighted by atomic mass is 35.5. The molecule has 0 atom stereocenters. The van der Waals surface area contributed by atoms with E-state index in [1.165, 1.54) is 0 Å². The predicted octanol–water partition coefficient (Wildman–Crippen LogP) is 4.59. The van der Waals surface area contributed by atoms with Crippen LogP contribution in [-0.4, -0.2) is 20.9 Å². The van der Waals surface area contributed by atoms with Crippen molar-refractivity contribution < 1.29 is 0 Å². The summed E-state index contributed by atoms with van der Waals surface area (Å²) in [4.78, 5) is 0. The van der Waals surface area contributed by atoms with Crippen LogP contribution in [0.3, 0.4) is 0 Å². The molecule has 0 saturated carbocycles. The number of nitrogens with one attached hydrogen (secondary N) is 2. The first kappa shape index (κ1) is 17.3. The van der Waals surface area contributed by atoms with Crippen molar-refractivity contribution in [3.05, 3.63) is 45.0 Å². The molecule has 0 amide bonds. The van der Waals surface area contributed by atoms with E-state index in [2.05, 4.69) is 15.7 Å². The number of anilines is 1. The minimum Gasteiger partial charge on any atom is -0.360 e. The standard InChI is InChI=1S/C14H15Cl3N4S/c1-8(2)18-14(22)19-13-12(17)7-21(20-13)6-9-10(15)4-3-5-11(9)16/h3-5,7-8H,6H2,1-2H3,(H2,18,19,20,22). The van der Waals surface area contributed by atoms with E-state index in [1.54, 1.807) is 29.1 Å². The van der Waals surface area contributed by atoms with Gasteiger partial charge in [0.25, 0.3) is 0 Å². The molecule has 22 heavy (non-hydrogen) atoms. The van der Waals surface area contributed by atoms with Crippen LogP contribution < -0.4 is 10.6 Å². The van der Waals surface area contributed by atoms with Gasteiger partial charge in [0.1, 0.15) is 5.02 Å². The molecule has 1 aromatic carbocycles. The fourth-order valence-corrected chi connectivity index (χ4v) is 2.86. The van der Waals surface area contributed by atoms with E-state index in [-0.39, 0.29) is 6.04 Å². The van der Waals surface area contributed by atoms with E-state index in [9.17, 15) is 0 Å². The van der Waals surface area contributed by atoms with Crippen molar-refractivity contribution in [2.45, 2.75) is 26.4 Å². The van der Waals surface area contributed by atoms with Gasteiger partial charge in [0, 0.05) is 27.8 Å². The summed E-state index contributed by atoms with van der Waals surface area (Å²) in [7, 11) is 0. The van der Waals surface area contributed by atoms with Gasteiger partial charge in [-0.1, -0.05) is 40.9 Å². The number of nitrogens with zero attached hydrogens (tertiary/aromatic N) is 2. The number of hydrogen-bond acceptors (Lipinski definition) is 2. The fourth-order valence-electron chi connectivity index (χ4n) is 1.81. The molecule has 0 saturated heterocycles. The van der Waals surface area contributed by atoms with Gasteiger partial charge in [-0.2, -0.15) is 5.10 Å². The third-order valence-corrected chi connectivity index (χ3v) is 3.96. The summed E-state index contributed by atoms with van der Waals surface area (Å²) in [5.41, 5.74) is 0.791. The zero-order chi connectivity index (χ0) is 16.3. The van der Waals surface area contributed by atoms with Gasteiger partial charge in [-0.05, 0) is 38.2 Å².